The number of hydrogen-bond donors (Lipinski definition) is 5. The zero-order valence-electron chi connectivity index (χ0n) is 13.9. The van der Waals surface area contributed by atoms with Crippen LogP contribution in [-0.2, 0) is 9.53 Å². The van der Waals surface area contributed by atoms with E-state index in [2.05, 4.69) is 29.0 Å². The Balaban J connectivity index is 0.000000190. The second-order valence-electron chi connectivity index (χ2n) is 5.61. The van der Waals surface area contributed by atoms with Crippen LogP contribution in [0.25, 0.3) is 0 Å². The van der Waals surface area contributed by atoms with Crippen molar-refractivity contribution in [3.8, 4) is 0 Å². The van der Waals surface area contributed by atoms with Crippen LogP contribution in [0.4, 0.5) is 0 Å². The molecular formula is C19H21NO6. The first-order valence-corrected chi connectivity index (χ1v) is 7.93. The van der Waals surface area contributed by atoms with E-state index in [-0.39, 0.29) is 6.04 Å². The van der Waals surface area contributed by atoms with Gasteiger partial charge in [-0.2, -0.15) is 0 Å². The summed E-state index contributed by atoms with van der Waals surface area (Å²) in [4.78, 5) is 10.5. The monoisotopic (exact) mass is 359 g/mol. The quantitative estimate of drug-likeness (QED) is 0.520. The number of benzene rings is 2. The number of carbonyl (C=O) groups excluding carboxylic acids is 1. The third-order valence-electron chi connectivity index (χ3n) is 3.79. The zero-order valence-corrected chi connectivity index (χ0v) is 13.9. The van der Waals surface area contributed by atoms with E-state index in [0.29, 0.717) is 0 Å². The van der Waals surface area contributed by atoms with Gasteiger partial charge in [0.15, 0.2) is 11.9 Å². The lowest BCUT2D eigenvalue weighted by molar-refractivity contribution is -0.147. The van der Waals surface area contributed by atoms with E-state index in [1.165, 1.54) is 0 Å². The number of esters is 1. The Labute approximate surface area is 150 Å². The van der Waals surface area contributed by atoms with Crippen molar-refractivity contribution in [3.63, 3.8) is 0 Å². The summed E-state index contributed by atoms with van der Waals surface area (Å²) in [5.74, 6) is -2.78. The fourth-order valence-corrected chi connectivity index (χ4v) is 2.34. The van der Waals surface area contributed by atoms with Crippen LogP contribution in [-0.4, -0.2) is 45.2 Å². The number of cyclic esters (lactones) is 1. The molecule has 0 saturated heterocycles. The minimum Gasteiger partial charge on any atom is -0.505 e. The van der Waals surface area contributed by atoms with Gasteiger partial charge in [0.05, 0.1) is 12.6 Å². The molecule has 7 heteroatoms. The first kappa shape index (κ1) is 19.5. The molecule has 0 bridgehead atoms. The number of carbonyl (C=O) groups is 1. The molecule has 0 spiro atoms. The molecule has 2 unspecified atom stereocenters. The van der Waals surface area contributed by atoms with Gasteiger partial charge >= 0.3 is 5.97 Å². The van der Waals surface area contributed by atoms with Crippen molar-refractivity contribution in [3.05, 3.63) is 83.3 Å². The van der Waals surface area contributed by atoms with Gasteiger partial charge in [0.1, 0.15) is 6.10 Å². The molecule has 6 N–H and O–H groups in total. The van der Waals surface area contributed by atoms with Gasteiger partial charge in [-0.3, -0.25) is 0 Å². The highest BCUT2D eigenvalue weighted by molar-refractivity contribution is 5.89. The highest BCUT2D eigenvalue weighted by atomic mass is 16.6. The predicted molar refractivity (Wildman–Crippen MR) is 94.2 cm³/mol. The largest absolute Gasteiger partial charge is 0.505 e. The van der Waals surface area contributed by atoms with Crippen molar-refractivity contribution >= 4 is 5.97 Å². The normalized spacial score (nSPS) is 17.5. The molecule has 0 fully saturated rings. The summed E-state index contributed by atoms with van der Waals surface area (Å²) in [6.07, 6.45) is -2.78. The molecule has 0 amide bonds. The minimum absolute atomic E-state index is 0.0163. The Hall–Kier alpha value is -2.87. The fourth-order valence-electron chi connectivity index (χ4n) is 2.34. The van der Waals surface area contributed by atoms with Crippen LogP contribution in [0.1, 0.15) is 17.2 Å². The van der Waals surface area contributed by atoms with Gasteiger partial charge in [-0.25, -0.2) is 4.79 Å². The molecule has 1 heterocycles. The summed E-state index contributed by atoms with van der Waals surface area (Å²) in [6.45, 7) is -0.671. The second kappa shape index (κ2) is 9.00. The third kappa shape index (κ3) is 4.60. The van der Waals surface area contributed by atoms with Gasteiger partial charge in [-0.05, 0) is 11.1 Å². The van der Waals surface area contributed by atoms with Gasteiger partial charge in [0, 0.05) is 0 Å². The van der Waals surface area contributed by atoms with Crippen LogP contribution < -0.4 is 5.73 Å². The van der Waals surface area contributed by atoms with Crippen molar-refractivity contribution in [2.24, 2.45) is 5.73 Å². The van der Waals surface area contributed by atoms with Gasteiger partial charge in [0.2, 0.25) is 5.76 Å². The minimum atomic E-state index is -1.42. The second-order valence-corrected chi connectivity index (χ2v) is 5.61. The van der Waals surface area contributed by atoms with Crippen LogP contribution >= 0.6 is 0 Å². The zero-order chi connectivity index (χ0) is 19.1. The van der Waals surface area contributed by atoms with Crippen molar-refractivity contribution in [1.29, 1.82) is 0 Å². The van der Waals surface area contributed by atoms with E-state index in [4.69, 9.17) is 26.2 Å². The van der Waals surface area contributed by atoms with E-state index in [1.54, 1.807) is 0 Å². The average molecular weight is 359 g/mol. The summed E-state index contributed by atoms with van der Waals surface area (Å²) < 4.78 is 4.32. The van der Waals surface area contributed by atoms with Crippen LogP contribution in [0.5, 0.6) is 0 Å². The third-order valence-corrected chi connectivity index (χ3v) is 3.79. The summed E-state index contributed by atoms with van der Waals surface area (Å²) >= 11 is 0. The maximum atomic E-state index is 10.5. The summed E-state index contributed by atoms with van der Waals surface area (Å²) in [5.41, 5.74) is 8.42. The molecule has 0 aliphatic carbocycles. The van der Waals surface area contributed by atoms with Gasteiger partial charge < -0.3 is 30.9 Å². The first-order chi connectivity index (χ1) is 12.5. The van der Waals surface area contributed by atoms with Crippen molar-refractivity contribution in [2.75, 3.05) is 6.61 Å². The Kier molecular flexibility index (Phi) is 6.74. The Bertz CT molecular complexity index is 708. The lowest BCUT2D eigenvalue weighted by Crippen LogP contribution is -2.31. The lowest BCUT2D eigenvalue weighted by atomic mass is 10.00. The number of aliphatic hydroxyl groups excluding tert-OH is 4. The molecule has 7 nitrogen and oxygen atoms in total. The lowest BCUT2D eigenvalue weighted by Gasteiger charge is -2.13. The van der Waals surface area contributed by atoms with Crippen LogP contribution in [0, 0.1) is 0 Å². The number of nitrogens with two attached hydrogens (primary N) is 1. The number of rotatable bonds is 4. The number of aliphatic hydroxyl groups is 4. The number of ether oxygens (including phenoxy) is 1. The SMILES string of the molecule is NC(c1ccccc1)c1ccccc1.O=C1OC(C(O)CO)C(O)=C1O. The molecule has 0 radical (unpaired) electrons. The highest BCUT2D eigenvalue weighted by Gasteiger charge is 2.38. The van der Waals surface area contributed by atoms with E-state index >= 15 is 0 Å². The molecule has 1 aliphatic rings. The standard InChI is InChI=1S/C13H13N.C6H8O6/c14-13(11-7-3-1-4-8-11)12-9-5-2-6-10-12;7-1-2(8)5-3(9)4(10)6(11)12-5/h1-10,13H,14H2;2,5,7-10H,1H2. The predicted octanol–water partition coefficient (Wildman–Crippen LogP) is 1.33. The number of hydrogen-bond acceptors (Lipinski definition) is 7. The molecule has 2 aromatic rings. The Morgan fingerprint density at radius 3 is 1.77 bits per heavy atom. The molecule has 2 atom stereocenters. The maximum absolute atomic E-state index is 10.5. The molecule has 0 saturated carbocycles. The summed E-state index contributed by atoms with van der Waals surface area (Å²) in [6, 6.07) is 20.2. The van der Waals surface area contributed by atoms with Crippen LogP contribution in [0.2, 0.25) is 0 Å². The van der Waals surface area contributed by atoms with Gasteiger partial charge in [-0.15, -0.1) is 0 Å². The molecule has 1 aliphatic heterocycles. The smallest absolute Gasteiger partial charge is 0.377 e. The van der Waals surface area contributed by atoms with E-state index in [1.807, 2.05) is 36.4 Å². The van der Waals surface area contributed by atoms with Crippen LogP contribution in [0.3, 0.4) is 0 Å². The molecular weight excluding hydrogens is 338 g/mol. The van der Waals surface area contributed by atoms with E-state index < -0.39 is 36.3 Å². The van der Waals surface area contributed by atoms with Crippen molar-refractivity contribution < 1.29 is 30.0 Å². The van der Waals surface area contributed by atoms with E-state index in [0.717, 1.165) is 11.1 Å². The molecule has 138 valence electrons. The van der Waals surface area contributed by atoms with Gasteiger partial charge in [0.25, 0.3) is 0 Å². The Morgan fingerprint density at radius 2 is 1.42 bits per heavy atom. The average Bonchev–Trinajstić information content (AvgIpc) is 2.96. The van der Waals surface area contributed by atoms with Crippen molar-refractivity contribution in [1.82, 2.24) is 0 Å². The summed E-state index contributed by atoms with van der Waals surface area (Å²) in [7, 11) is 0. The van der Waals surface area contributed by atoms with E-state index in [9.17, 15) is 4.79 Å². The molecule has 26 heavy (non-hydrogen) atoms. The first-order valence-electron chi connectivity index (χ1n) is 7.93. The Morgan fingerprint density at radius 1 is 0.962 bits per heavy atom. The van der Waals surface area contributed by atoms with Crippen LogP contribution in [0.15, 0.2) is 72.2 Å². The fraction of sp³-hybridized carbons (Fsp3) is 0.211. The highest BCUT2D eigenvalue weighted by Crippen LogP contribution is 2.21. The molecule has 2 aromatic carbocycles. The molecule has 3 rings (SSSR count). The maximum Gasteiger partial charge on any atom is 0.377 e. The molecule has 0 aromatic heterocycles. The topological polar surface area (TPSA) is 133 Å². The van der Waals surface area contributed by atoms with Gasteiger partial charge in [-0.1, -0.05) is 60.7 Å². The van der Waals surface area contributed by atoms with Crippen molar-refractivity contribution in [2.45, 2.75) is 18.2 Å². The summed E-state index contributed by atoms with van der Waals surface area (Å²) in [5, 5.41) is 35.0.